The van der Waals surface area contributed by atoms with Crippen LogP contribution in [0.2, 0.25) is 0 Å². The lowest BCUT2D eigenvalue weighted by molar-refractivity contribution is 0.0517. The highest BCUT2D eigenvalue weighted by Gasteiger charge is 2.30. The van der Waals surface area contributed by atoms with Crippen LogP contribution in [0.3, 0.4) is 0 Å². The van der Waals surface area contributed by atoms with Crippen LogP contribution in [-0.2, 0) is 24.8 Å². The first-order valence-electron chi connectivity index (χ1n) is 14.9. The van der Waals surface area contributed by atoms with E-state index in [1.54, 1.807) is 41.8 Å². The Kier molecular flexibility index (Phi) is 10.0. The average Bonchev–Trinajstić information content (AvgIpc) is 3.42. The molecule has 0 spiro atoms. The number of hydrogen-bond donors (Lipinski definition) is 4. The maximum Gasteiger partial charge on any atom is 0.355 e. The summed E-state index contributed by atoms with van der Waals surface area (Å²) in [5.74, 6) is -0.505. The van der Waals surface area contributed by atoms with Crippen LogP contribution < -0.4 is 10.0 Å². The molecule has 0 amide bonds. The lowest BCUT2D eigenvalue weighted by Gasteiger charge is -2.31. The Morgan fingerprint density at radius 3 is 2.37 bits per heavy atom. The van der Waals surface area contributed by atoms with Crippen molar-refractivity contribution in [1.82, 2.24) is 14.2 Å². The molecule has 0 aliphatic carbocycles. The fraction of sp³-hybridized carbons (Fsp3) is 0.344. The number of sulfonamides is 2. The van der Waals surface area contributed by atoms with Gasteiger partial charge in [-0.3, -0.25) is 4.72 Å². The molecule has 0 saturated carbocycles. The first-order chi connectivity index (χ1) is 21.9. The standard InChI is InChI=1S/C32H38N4O8S2/c1-3-44-32(39)29-19-23-6-4-5-7-28(23)36(29)25-9-11-26(12-10-25)46(42,43)35-16-14-22(15-17-35)20-33-21-31(38)24-8-13-30(37)27(18-24)34-45(2,40)41/h4-13,18-19,22,31,33-34,37-38H,3,14-17,20-21H2,1-2H3/t31-/m0/s1. The summed E-state index contributed by atoms with van der Waals surface area (Å²) in [4.78, 5) is 12.9. The van der Waals surface area contributed by atoms with E-state index in [9.17, 15) is 31.8 Å². The molecule has 1 aliphatic rings. The molecule has 14 heteroatoms. The summed E-state index contributed by atoms with van der Waals surface area (Å²) in [6.07, 6.45) is 1.31. The third-order valence-electron chi connectivity index (χ3n) is 7.97. The molecular formula is C32H38N4O8S2. The maximum absolute atomic E-state index is 13.5. The van der Waals surface area contributed by atoms with Crippen LogP contribution in [0.4, 0.5) is 5.69 Å². The van der Waals surface area contributed by atoms with Crippen molar-refractivity contribution in [3.63, 3.8) is 0 Å². The van der Waals surface area contributed by atoms with E-state index in [-0.39, 0.29) is 35.4 Å². The molecule has 1 atom stereocenters. The van der Waals surface area contributed by atoms with Gasteiger partial charge in [-0.05, 0) is 86.3 Å². The van der Waals surface area contributed by atoms with Gasteiger partial charge in [0.05, 0.1) is 35.1 Å². The van der Waals surface area contributed by atoms with Crippen molar-refractivity contribution in [2.24, 2.45) is 5.92 Å². The van der Waals surface area contributed by atoms with Crippen LogP contribution >= 0.6 is 0 Å². The molecule has 1 fully saturated rings. The molecule has 46 heavy (non-hydrogen) atoms. The van der Waals surface area contributed by atoms with Gasteiger partial charge in [0, 0.05) is 30.7 Å². The van der Waals surface area contributed by atoms with Gasteiger partial charge in [-0.1, -0.05) is 24.3 Å². The first-order valence-corrected chi connectivity index (χ1v) is 18.3. The molecule has 1 aromatic heterocycles. The number of carbonyl (C=O) groups is 1. The number of nitrogens with zero attached hydrogens (tertiary/aromatic N) is 2. The van der Waals surface area contributed by atoms with Gasteiger partial charge in [0.25, 0.3) is 0 Å². The smallest absolute Gasteiger partial charge is 0.355 e. The summed E-state index contributed by atoms with van der Waals surface area (Å²) in [5.41, 5.74) is 2.23. The number of para-hydroxylation sites is 1. The number of hydrogen-bond acceptors (Lipinski definition) is 9. The van der Waals surface area contributed by atoms with Crippen molar-refractivity contribution in [1.29, 1.82) is 0 Å². The zero-order chi connectivity index (χ0) is 33.1. The van der Waals surface area contributed by atoms with Crippen LogP contribution in [0, 0.1) is 5.92 Å². The Bertz CT molecular complexity index is 1920. The number of phenols is 1. The number of esters is 1. The van der Waals surface area contributed by atoms with Crippen molar-refractivity contribution in [3.8, 4) is 11.4 Å². The quantitative estimate of drug-likeness (QED) is 0.130. The minimum atomic E-state index is -3.74. The molecular weight excluding hydrogens is 633 g/mol. The zero-order valence-corrected chi connectivity index (χ0v) is 27.2. The predicted octanol–water partition coefficient (Wildman–Crippen LogP) is 3.61. The highest BCUT2D eigenvalue weighted by molar-refractivity contribution is 7.92. The summed E-state index contributed by atoms with van der Waals surface area (Å²) in [7, 11) is -7.34. The van der Waals surface area contributed by atoms with Gasteiger partial charge in [-0.25, -0.2) is 21.6 Å². The summed E-state index contributed by atoms with van der Waals surface area (Å²) in [5, 5.41) is 24.6. The number of anilines is 1. The average molecular weight is 671 g/mol. The van der Waals surface area contributed by atoms with Gasteiger partial charge in [0.1, 0.15) is 11.4 Å². The Hall–Kier alpha value is -3.95. The highest BCUT2D eigenvalue weighted by Crippen LogP contribution is 2.30. The lowest BCUT2D eigenvalue weighted by Crippen LogP contribution is -2.41. The summed E-state index contributed by atoms with van der Waals surface area (Å²) >= 11 is 0. The predicted molar refractivity (Wildman–Crippen MR) is 175 cm³/mol. The number of nitrogens with one attached hydrogen (secondary N) is 2. The number of piperidine rings is 1. The monoisotopic (exact) mass is 670 g/mol. The van der Waals surface area contributed by atoms with E-state index in [4.69, 9.17) is 4.74 Å². The number of aliphatic hydroxyl groups is 1. The third-order valence-corrected chi connectivity index (χ3v) is 10.5. The van der Waals surface area contributed by atoms with E-state index in [0.717, 1.165) is 17.2 Å². The Morgan fingerprint density at radius 1 is 1.00 bits per heavy atom. The number of carbonyl (C=O) groups excluding carboxylic acids is 1. The topological polar surface area (TPSA) is 167 Å². The van der Waals surface area contributed by atoms with Crippen molar-refractivity contribution >= 4 is 42.6 Å². The van der Waals surface area contributed by atoms with E-state index in [1.165, 1.54) is 22.5 Å². The van der Waals surface area contributed by atoms with Gasteiger partial charge >= 0.3 is 5.97 Å². The molecule has 0 unspecified atom stereocenters. The van der Waals surface area contributed by atoms with Gasteiger partial charge in [0.2, 0.25) is 20.0 Å². The van der Waals surface area contributed by atoms with Crippen molar-refractivity contribution in [3.05, 3.63) is 84.1 Å². The van der Waals surface area contributed by atoms with E-state index in [0.29, 0.717) is 49.4 Å². The van der Waals surface area contributed by atoms with Crippen LogP contribution in [-0.4, -0.2) is 80.9 Å². The zero-order valence-electron chi connectivity index (χ0n) is 25.6. The minimum Gasteiger partial charge on any atom is -0.506 e. The molecule has 12 nitrogen and oxygen atoms in total. The number of phenolic OH excluding ortho intramolecular Hbond substituents is 1. The van der Waals surface area contributed by atoms with E-state index >= 15 is 0 Å². The van der Waals surface area contributed by atoms with Gasteiger partial charge in [0.15, 0.2) is 0 Å². The first kappa shape index (κ1) is 33.4. The molecule has 4 N–H and O–H groups in total. The second-order valence-electron chi connectivity index (χ2n) is 11.3. The fourth-order valence-corrected chi connectivity index (χ4v) is 7.68. The van der Waals surface area contributed by atoms with Crippen molar-refractivity contribution in [2.45, 2.75) is 30.8 Å². The SMILES string of the molecule is CCOC(=O)c1cc2ccccc2n1-c1ccc(S(=O)(=O)N2CCC(CNC[C@H](O)c3ccc(O)c(NS(C)(=O)=O)c3)CC2)cc1. The number of fused-ring (bicyclic) bond motifs is 1. The Morgan fingerprint density at radius 2 is 1.70 bits per heavy atom. The van der Waals surface area contributed by atoms with Gasteiger partial charge < -0.3 is 24.8 Å². The normalized spacial score (nSPS) is 15.5. The number of aromatic nitrogens is 1. The van der Waals surface area contributed by atoms with Crippen molar-refractivity contribution in [2.75, 3.05) is 43.8 Å². The maximum atomic E-state index is 13.5. The molecule has 4 aromatic rings. The highest BCUT2D eigenvalue weighted by atomic mass is 32.2. The van der Waals surface area contributed by atoms with Crippen LogP contribution in [0.5, 0.6) is 5.75 Å². The lowest BCUT2D eigenvalue weighted by atomic mass is 9.98. The second kappa shape index (κ2) is 13.8. The molecule has 3 aromatic carbocycles. The number of aromatic hydroxyl groups is 1. The van der Waals surface area contributed by atoms with Gasteiger partial charge in [-0.2, -0.15) is 4.31 Å². The van der Waals surface area contributed by atoms with Crippen LogP contribution in [0.1, 0.15) is 41.9 Å². The molecule has 1 saturated heterocycles. The molecule has 5 rings (SSSR count). The Balaban J connectivity index is 1.18. The summed E-state index contributed by atoms with van der Waals surface area (Å²) in [6.45, 7) is 3.45. The third kappa shape index (κ3) is 7.53. The molecule has 0 bridgehead atoms. The number of benzene rings is 3. The van der Waals surface area contributed by atoms with E-state index in [1.807, 2.05) is 24.3 Å². The summed E-state index contributed by atoms with van der Waals surface area (Å²) in [6, 6.07) is 20.1. The molecule has 1 aliphatic heterocycles. The molecule has 0 radical (unpaired) electrons. The van der Waals surface area contributed by atoms with E-state index in [2.05, 4.69) is 10.0 Å². The second-order valence-corrected chi connectivity index (χ2v) is 15.0. The number of ether oxygens (including phenoxy) is 1. The molecule has 2 heterocycles. The van der Waals surface area contributed by atoms with Crippen LogP contribution in [0.15, 0.2) is 77.7 Å². The molecule has 246 valence electrons. The van der Waals surface area contributed by atoms with Gasteiger partial charge in [-0.15, -0.1) is 0 Å². The minimum absolute atomic E-state index is 0.0121. The van der Waals surface area contributed by atoms with Crippen LogP contribution in [0.25, 0.3) is 16.6 Å². The largest absolute Gasteiger partial charge is 0.506 e. The van der Waals surface area contributed by atoms with E-state index < -0.39 is 32.1 Å². The number of rotatable bonds is 12. The Labute approximate surface area is 268 Å². The fourth-order valence-electron chi connectivity index (χ4n) is 5.64. The number of aliphatic hydroxyl groups excluding tert-OH is 1. The summed E-state index contributed by atoms with van der Waals surface area (Å²) < 4.78 is 60.8. The van der Waals surface area contributed by atoms with Crippen molar-refractivity contribution < 1.29 is 36.6 Å².